The van der Waals surface area contributed by atoms with Crippen molar-refractivity contribution in [2.24, 2.45) is 17.8 Å². The molecule has 0 saturated heterocycles. The van der Waals surface area contributed by atoms with Crippen LogP contribution < -0.4 is 0 Å². The summed E-state index contributed by atoms with van der Waals surface area (Å²) >= 11 is 0. The van der Waals surface area contributed by atoms with Crippen LogP contribution >= 0.6 is 0 Å². The molecule has 146 valence electrons. The zero-order chi connectivity index (χ0) is 18.9. The summed E-state index contributed by atoms with van der Waals surface area (Å²) in [5, 5.41) is 8.94. The number of hydrogen-bond acceptors (Lipinski definition) is 1. The fraction of sp³-hybridized carbons (Fsp3) is 0.640. The molecule has 2 saturated carbocycles. The van der Waals surface area contributed by atoms with Gasteiger partial charge in [0.25, 0.3) is 0 Å². The first-order valence-corrected chi connectivity index (χ1v) is 11.0. The summed E-state index contributed by atoms with van der Waals surface area (Å²) in [6.45, 7) is 0. The highest BCUT2D eigenvalue weighted by Gasteiger charge is 2.25. The third-order valence-corrected chi connectivity index (χ3v) is 7.14. The molecule has 27 heavy (non-hydrogen) atoms. The highest BCUT2D eigenvalue weighted by atomic mass is 19.1. The molecule has 0 N–H and O–H groups in total. The molecular formula is C25H34FN. The van der Waals surface area contributed by atoms with Crippen LogP contribution in [-0.2, 0) is 0 Å². The number of hydrogen-bond donors (Lipinski definition) is 0. The summed E-state index contributed by atoms with van der Waals surface area (Å²) in [7, 11) is 0. The summed E-state index contributed by atoms with van der Waals surface area (Å²) < 4.78 is 12.0. The summed E-state index contributed by atoms with van der Waals surface area (Å²) in [6.07, 6.45) is 18.1. The topological polar surface area (TPSA) is 23.8 Å². The molecule has 0 radical (unpaired) electrons. The van der Waals surface area contributed by atoms with Crippen molar-refractivity contribution in [3.8, 4) is 6.07 Å². The van der Waals surface area contributed by atoms with Crippen LogP contribution in [0.5, 0.6) is 0 Å². The van der Waals surface area contributed by atoms with E-state index in [1.165, 1.54) is 76.2 Å². The fourth-order valence-electron chi connectivity index (χ4n) is 5.29. The van der Waals surface area contributed by atoms with Crippen LogP contribution in [0, 0.1) is 29.1 Å². The zero-order valence-electron chi connectivity index (χ0n) is 16.6. The van der Waals surface area contributed by atoms with Gasteiger partial charge >= 0.3 is 0 Å². The Labute approximate surface area is 164 Å². The lowest BCUT2D eigenvalue weighted by molar-refractivity contribution is 0.225. The maximum absolute atomic E-state index is 12.0. The Hall–Kier alpha value is -1.62. The van der Waals surface area contributed by atoms with E-state index in [0.29, 0.717) is 12.2 Å². The Morgan fingerprint density at radius 1 is 0.815 bits per heavy atom. The van der Waals surface area contributed by atoms with Gasteiger partial charge in [-0.2, -0.15) is 5.26 Å². The van der Waals surface area contributed by atoms with Crippen molar-refractivity contribution in [2.45, 2.75) is 83.0 Å². The van der Waals surface area contributed by atoms with Crippen LogP contribution in [0.25, 0.3) is 0 Å². The van der Waals surface area contributed by atoms with E-state index in [-0.39, 0.29) is 0 Å². The smallest absolute Gasteiger partial charge is 0.0991 e. The molecule has 2 fully saturated rings. The average Bonchev–Trinajstić information content (AvgIpc) is 2.74. The van der Waals surface area contributed by atoms with Crippen LogP contribution in [-0.4, -0.2) is 0 Å². The average molecular weight is 368 g/mol. The van der Waals surface area contributed by atoms with E-state index in [4.69, 9.17) is 5.26 Å². The minimum atomic E-state index is 0.696. The summed E-state index contributed by atoms with van der Waals surface area (Å²) in [5.41, 5.74) is 2.19. The van der Waals surface area contributed by atoms with Gasteiger partial charge in [-0.1, -0.05) is 56.7 Å². The third kappa shape index (κ3) is 6.20. The van der Waals surface area contributed by atoms with Crippen LogP contribution in [0.15, 0.2) is 36.7 Å². The van der Waals surface area contributed by atoms with E-state index in [1.54, 1.807) is 6.08 Å². The monoisotopic (exact) mass is 367 g/mol. The summed E-state index contributed by atoms with van der Waals surface area (Å²) in [5.74, 6) is 3.39. The van der Waals surface area contributed by atoms with Crippen LogP contribution in [0.1, 0.15) is 94.1 Å². The lowest BCUT2D eigenvalue weighted by Gasteiger charge is -2.32. The van der Waals surface area contributed by atoms with Gasteiger partial charge in [-0.25, -0.2) is 4.39 Å². The van der Waals surface area contributed by atoms with Crippen LogP contribution in [0.3, 0.4) is 0 Å². The second-order valence-electron chi connectivity index (χ2n) is 8.85. The molecule has 0 atom stereocenters. The Bertz CT molecular complexity index is 611. The number of benzene rings is 1. The normalized spacial score (nSPS) is 28.9. The van der Waals surface area contributed by atoms with Gasteiger partial charge in [0.1, 0.15) is 0 Å². The number of halogens is 1. The van der Waals surface area contributed by atoms with Gasteiger partial charge in [0.15, 0.2) is 0 Å². The van der Waals surface area contributed by atoms with Gasteiger partial charge in [0, 0.05) is 0 Å². The molecule has 2 aliphatic rings. The minimum absolute atomic E-state index is 0.696. The maximum atomic E-state index is 12.0. The predicted molar refractivity (Wildman–Crippen MR) is 110 cm³/mol. The van der Waals surface area contributed by atoms with Crippen molar-refractivity contribution < 1.29 is 4.39 Å². The number of allylic oxidation sites excluding steroid dienone is 1. The van der Waals surface area contributed by atoms with Gasteiger partial charge in [0.05, 0.1) is 18.0 Å². The molecule has 0 spiro atoms. The van der Waals surface area contributed by atoms with E-state index in [2.05, 4.69) is 18.2 Å². The SMILES string of the molecule is N#Cc1ccc([C@H]2CC[C@H](CC[C@H]3CC[C@H](CC/C=C/F)CC3)CC2)cc1. The number of rotatable bonds is 7. The standard InChI is InChI=1S/C25H34FN/c26-18-2-1-3-20-4-6-21(7-5-20)8-9-22-10-14-24(15-11-22)25-16-12-23(19-27)13-17-25/h2,12-13,16-18,20-22,24H,1,3-11,14-15H2/b18-2+/t20-,21-,22-,24-. The highest BCUT2D eigenvalue weighted by molar-refractivity contribution is 5.33. The largest absolute Gasteiger partial charge is 0.216 e. The Morgan fingerprint density at radius 3 is 1.85 bits per heavy atom. The Morgan fingerprint density at radius 2 is 1.33 bits per heavy atom. The molecule has 3 rings (SSSR count). The second kappa shape index (κ2) is 10.6. The molecule has 0 aliphatic heterocycles. The molecule has 2 heteroatoms. The molecule has 0 aromatic heterocycles. The number of nitriles is 1. The molecule has 1 nitrogen and oxygen atoms in total. The van der Waals surface area contributed by atoms with Gasteiger partial charge in [0.2, 0.25) is 0 Å². The first-order chi connectivity index (χ1) is 13.3. The molecule has 2 aliphatic carbocycles. The Balaban J connectivity index is 1.32. The first-order valence-electron chi connectivity index (χ1n) is 11.0. The Kier molecular flexibility index (Phi) is 7.93. The summed E-state index contributed by atoms with van der Waals surface area (Å²) in [6, 6.07) is 10.5. The van der Waals surface area contributed by atoms with Crippen molar-refractivity contribution >= 4 is 0 Å². The fourth-order valence-corrected chi connectivity index (χ4v) is 5.29. The van der Waals surface area contributed by atoms with E-state index in [9.17, 15) is 4.39 Å². The number of nitrogens with zero attached hydrogens (tertiary/aromatic N) is 1. The van der Waals surface area contributed by atoms with Crippen molar-refractivity contribution in [1.29, 1.82) is 5.26 Å². The van der Waals surface area contributed by atoms with E-state index in [0.717, 1.165) is 29.7 Å². The maximum Gasteiger partial charge on any atom is 0.0991 e. The zero-order valence-corrected chi connectivity index (χ0v) is 16.6. The van der Waals surface area contributed by atoms with E-state index >= 15 is 0 Å². The first kappa shape index (κ1) is 20.1. The van der Waals surface area contributed by atoms with Gasteiger partial charge < -0.3 is 0 Å². The lowest BCUT2D eigenvalue weighted by Crippen LogP contribution is -2.17. The molecular weight excluding hydrogens is 333 g/mol. The van der Waals surface area contributed by atoms with Crippen molar-refractivity contribution in [2.75, 3.05) is 0 Å². The molecule has 1 aromatic rings. The van der Waals surface area contributed by atoms with Crippen molar-refractivity contribution in [3.63, 3.8) is 0 Å². The second-order valence-corrected chi connectivity index (χ2v) is 8.85. The lowest BCUT2D eigenvalue weighted by atomic mass is 9.74. The quantitative estimate of drug-likeness (QED) is 0.485. The molecule has 0 bridgehead atoms. The molecule has 1 aromatic carbocycles. The van der Waals surface area contributed by atoms with Gasteiger partial charge in [-0.15, -0.1) is 0 Å². The van der Waals surface area contributed by atoms with Crippen LogP contribution in [0.2, 0.25) is 0 Å². The highest BCUT2D eigenvalue weighted by Crippen LogP contribution is 2.40. The van der Waals surface area contributed by atoms with E-state index < -0.39 is 0 Å². The van der Waals surface area contributed by atoms with Crippen molar-refractivity contribution in [3.05, 3.63) is 47.8 Å². The summed E-state index contributed by atoms with van der Waals surface area (Å²) in [4.78, 5) is 0. The third-order valence-electron chi connectivity index (χ3n) is 7.14. The van der Waals surface area contributed by atoms with Crippen molar-refractivity contribution in [1.82, 2.24) is 0 Å². The van der Waals surface area contributed by atoms with Gasteiger partial charge in [-0.05, 0) is 79.9 Å². The molecule has 0 amide bonds. The minimum Gasteiger partial charge on any atom is -0.216 e. The van der Waals surface area contributed by atoms with Crippen LogP contribution in [0.4, 0.5) is 4.39 Å². The van der Waals surface area contributed by atoms with E-state index in [1.807, 2.05) is 12.1 Å². The van der Waals surface area contributed by atoms with Gasteiger partial charge in [-0.3, -0.25) is 0 Å². The molecule has 0 unspecified atom stereocenters. The predicted octanol–water partition coefficient (Wildman–Crippen LogP) is 7.68. The molecule has 0 heterocycles.